The van der Waals surface area contributed by atoms with Gasteiger partial charge in [0.1, 0.15) is 5.75 Å². The van der Waals surface area contributed by atoms with Gasteiger partial charge in [0.15, 0.2) is 0 Å². The van der Waals surface area contributed by atoms with Gasteiger partial charge in [-0.25, -0.2) is 4.79 Å². The quantitative estimate of drug-likeness (QED) is 0.756. The van der Waals surface area contributed by atoms with Crippen LogP contribution in [-0.4, -0.2) is 34.1 Å². The van der Waals surface area contributed by atoms with Gasteiger partial charge in [0, 0.05) is 36.3 Å². The number of rotatable bonds is 4. The largest absolute Gasteiger partial charge is 0.508 e. The van der Waals surface area contributed by atoms with E-state index in [0.29, 0.717) is 6.42 Å². The first-order valence-corrected chi connectivity index (χ1v) is 8.19. The molecule has 0 saturated heterocycles. The van der Waals surface area contributed by atoms with Crippen LogP contribution in [0.2, 0.25) is 0 Å². The highest BCUT2D eigenvalue weighted by molar-refractivity contribution is 6.01. The fourth-order valence-electron chi connectivity index (χ4n) is 2.75. The number of amides is 2. The Hall–Kier alpha value is -3.08. The van der Waals surface area contributed by atoms with Crippen molar-refractivity contribution in [3.63, 3.8) is 0 Å². The Morgan fingerprint density at radius 2 is 1.96 bits per heavy atom. The number of phenolic OH excluding ortho intramolecular Hbond substituents is 1. The summed E-state index contributed by atoms with van der Waals surface area (Å²) in [5, 5.41) is 14.3. The van der Waals surface area contributed by atoms with Gasteiger partial charge < -0.3 is 15.3 Å². The molecule has 128 valence electrons. The van der Waals surface area contributed by atoms with Crippen LogP contribution < -0.4 is 5.32 Å². The number of carbonyl (C=O) groups is 1. The van der Waals surface area contributed by atoms with Crippen molar-refractivity contribution in [3.05, 3.63) is 66.5 Å². The van der Waals surface area contributed by atoms with E-state index < -0.39 is 0 Å². The number of phenols is 1. The van der Waals surface area contributed by atoms with E-state index in [1.54, 1.807) is 36.5 Å². The molecule has 0 aliphatic heterocycles. The number of carbonyl (C=O) groups excluding carboxylic acids is 1. The molecule has 2 amide bonds. The molecular weight excluding hydrogens is 314 g/mol. The molecule has 1 aromatic heterocycles. The van der Waals surface area contributed by atoms with Gasteiger partial charge in [-0.1, -0.05) is 24.3 Å². The molecule has 3 rings (SSSR count). The van der Waals surface area contributed by atoms with Crippen molar-refractivity contribution in [1.29, 1.82) is 0 Å². The normalized spacial score (nSPS) is 11.9. The van der Waals surface area contributed by atoms with Crippen LogP contribution in [0, 0.1) is 0 Å². The maximum atomic E-state index is 12.6. The van der Waals surface area contributed by atoms with E-state index in [-0.39, 0.29) is 17.8 Å². The van der Waals surface area contributed by atoms with Gasteiger partial charge in [0.25, 0.3) is 0 Å². The molecule has 0 saturated carbocycles. The van der Waals surface area contributed by atoms with Crippen molar-refractivity contribution in [2.75, 3.05) is 12.4 Å². The fraction of sp³-hybridized carbons (Fsp3) is 0.200. The maximum Gasteiger partial charge on any atom is 0.321 e. The minimum Gasteiger partial charge on any atom is -0.508 e. The zero-order valence-corrected chi connectivity index (χ0v) is 14.3. The Morgan fingerprint density at radius 1 is 1.20 bits per heavy atom. The molecule has 25 heavy (non-hydrogen) atoms. The number of aromatic nitrogens is 1. The van der Waals surface area contributed by atoms with E-state index in [9.17, 15) is 9.90 Å². The topological polar surface area (TPSA) is 65.5 Å². The van der Waals surface area contributed by atoms with E-state index >= 15 is 0 Å². The summed E-state index contributed by atoms with van der Waals surface area (Å²) >= 11 is 0. The molecule has 3 aromatic rings. The zero-order valence-electron chi connectivity index (χ0n) is 14.3. The number of fused-ring (bicyclic) bond motifs is 1. The Morgan fingerprint density at radius 3 is 2.72 bits per heavy atom. The molecule has 0 aliphatic carbocycles. The van der Waals surface area contributed by atoms with Crippen molar-refractivity contribution < 1.29 is 9.90 Å². The van der Waals surface area contributed by atoms with E-state index in [1.807, 2.05) is 43.3 Å². The van der Waals surface area contributed by atoms with Crippen molar-refractivity contribution in [2.45, 2.75) is 19.4 Å². The standard InChI is InChI=1S/C20H21N3O2/c1-14(12-15-6-8-17(24)9-7-15)23(2)20(25)22-19-5-3-4-16-13-21-11-10-18(16)19/h3-11,13-14,24H,12H2,1-2H3,(H,22,25)/t14-/m0/s1. The monoisotopic (exact) mass is 335 g/mol. The second-order valence-electron chi connectivity index (χ2n) is 6.16. The molecule has 0 fully saturated rings. The molecule has 0 bridgehead atoms. The molecule has 0 spiro atoms. The number of hydrogen-bond acceptors (Lipinski definition) is 3. The van der Waals surface area contributed by atoms with Crippen molar-refractivity contribution >= 4 is 22.5 Å². The first-order chi connectivity index (χ1) is 12.0. The van der Waals surface area contributed by atoms with Crippen LogP contribution in [0.4, 0.5) is 10.5 Å². The van der Waals surface area contributed by atoms with Crippen molar-refractivity contribution in [3.8, 4) is 5.75 Å². The third-order valence-electron chi connectivity index (χ3n) is 4.37. The SMILES string of the molecule is C[C@@H](Cc1ccc(O)cc1)N(C)C(=O)Nc1cccc2cnccc12. The Kier molecular flexibility index (Phi) is 4.84. The molecule has 1 heterocycles. The van der Waals surface area contributed by atoms with Crippen LogP contribution >= 0.6 is 0 Å². The molecule has 2 aromatic carbocycles. The predicted octanol–water partition coefficient (Wildman–Crippen LogP) is 4.04. The molecular formula is C20H21N3O2. The molecule has 5 heteroatoms. The lowest BCUT2D eigenvalue weighted by molar-refractivity contribution is 0.207. The minimum atomic E-state index is -0.157. The first-order valence-electron chi connectivity index (χ1n) is 8.19. The van der Waals surface area contributed by atoms with Crippen LogP contribution in [0.5, 0.6) is 5.75 Å². The zero-order chi connectivity index (χ0) is 17.8. The summed E-state index contributed by atoms with van der Waals surface area (Å²) in [6, 6.07) is 14.6. The Labute approximate surface area is 146 Å². The summed E-state index contributed by atoms with van der Waals surface area (Å²) in [5.74, 6) is 0.243. The number of likely N-dealkylation sites (N-methyl/N-ethyl adjacent to an activating group) is 1. The van der Waals surface area contributed by atoms with Crippen LogP contribution in [-0.2, 0) is 6.42 Å². The lowest BCUT2D eigenvalue weighted by Gasteiger charge is -2.25. The van der Waals surface area contributed by atoms with Gasteiger partial charge >= 0.3 is 6.03 Å². The lowest BCUT2D eigenvalue weighted by Crippen LogP contribution is -2.39. The third kappa shape index (κ3) is 3.88. The average Bonchev–Trinajstić information content (AvgIpc) is 2.63. The average molecular weight is 335 g/mol. The van der Waals surface area contributed by atoms with Gasteiger partial charge in [-0.2, -0.15) is 0 Å². The second-order valence-corrected chi connectivity index (χ2v) is 6.16. The third-order valence-corrected chi connectivity index (χ3v) is 4.37. The van der Waals surface area contributed by atoms with Crippen LogP contribution in [0.25, 0.3) is 10.8 Å². The van der Waals surface area contributed by atoms with Gasteiger partial charge in [0.2, 0.25) is 0 Å². The van der Waals surface area contributed by atoms with Crippen molar-refractivity contribution in [2.24, 2.45) is 0 Å². The Balaban J connectivity index is 1.70. The summed E-state index contributed by atoms with van der Waals surface area (Å²) in [7, 11) is 1.78. The van der Waals surface area contributed by atoms with E-state index in [0.717, 1.165) is 22.0 Å². The van der Waals surface area contributed by atoms with Gasteiger partial charge in [0.05, 0.1) is 5.69 Å². The van der Waals surface area contributed by atoms with Crippen LogP contribution in [0.15, 0.2) is 60.9 Å². The highest BCUT2D eigenvalue weighted by atomic mass is 16.3. The van der Waals surface area contributed by atoms with Crippen molar-refractivity contribution in [1.82, 2.24) is 9.88 Å². The summed E-state index contributed by atoms with van der Waals surface area (Å²) in [4.78, 5) is 18.4. The van der Waals surface area contributed by atoms with E-state index in [4.69, 9.17) is 0 Å². The minimum absolute atomic E-state index is 0.0150. The van der Waals surface area contributed by atoms with Gasteiger partial charge in [-0.05, 0) is 43.2 Å². The van der Waals surface area contributed by atoms with Gasteiger partial charge in [-0.15, -0.1) is 0 Å². The number of hydrogen-bond donors (Lipinski definition) is 2. The lowest BCUT2D eigenvalue weighted by atomic mass is 10.1. The van der Waals surface area contributed by atoms with Crippen LogP contribution in [0.3, 0.4) is 0 Å². The summed E-state index contributed by atoms with van der Waals surface area (Å²) in [6.45, 7) is 2.00. The van der Waals surface area contributed by atoms with Crippen LogP contribution in [0.1, 0.15) is 12.5 Å². The molecule has 5 nitrogen and oxygen atoms in total. The molecule has 2 N–H and O–H groups in total. The number of nitrogens with one attached hydrogen (secondary N) is 1. The summed E-state index contributed by atoms with van der Waals surface area (Å²) in [6.07, 6.45) is 4.21. The van der Waals surface area contributed by atoms with E-state index in [2.05, 4.69) is 10.3 Å². The molecule has 0 aliphatic rings. The number of urea groups is 1. The number of benzene rings is 2. The number of aromatic hydroxyl groups is 1. The molecule has 0 unspecified atom stereocenters. The highest BCUT2D eigenvalue weighted by Gasteiger charge is 2.17. The molecule has 1 atom stereocenters. The number of anilines is 1. The number of pyridine rings is 1. The fourth-order valence-corrected chi connectivity index (χ4v) is 2.75. The highest BCUT2D eigenvalue weighted by Crippen LogP contribution is 2.22. The first kappa shape index (κ1) is 16.8. The summed E-state index contributed by atoms with van der Waals surface area (Å²) in [5.41, 5.74) is 1.84. The van der Waals surface area contributed by atoms with Gasteiger partial charge in [-0.3, -0.25) is 4.98 Å². The summed E-state index contributed by atoms with van der Waals surface area (Å²) < 4.78 is 0. The van der Waals surface area contributed by atoms with E-state index in [1.165, 1.54) is 0 Å². The smallest absolute Gasteiger partial charge is 0.321 e. The molecule has 0 radical (unpaired) electrons. The maximum absolute atomic E-state index is 12.6. The second kappa shape index (κ2) is 7.21. The Bertz CT molecular complexity index is 872. The predicted molar refractivity (Wildman–Crippen MR) is 99.8 cm³/mol. The number of nitrogens with zero attached hydrogens (tertiary/aromatic N) is 2.